The molecule has 0 aliphatic heterocycles. The Morgan fingerprint density at radius 2 is 2.10 bits per heavy atom. The Hall–Kier alpha value is -3.62. The minimum Gasteiger partial charge on any atom is -0.479 e. The number of ether oxygens (including phenoxy) is 1. The number of benzene rings is 1. The predicted molar refractivity (Wildman–Crippen MR) is 105 cm³/mol. The van der Waals surface area contributed by atoms with Gasteiger partial charge in [-0.2, -0.15) is 5.10 Å². The zero-order chi connectivity index (χ0) is 21.0. The van der Waals surface area contributed by atoms with Crippen LogP contribution < -0.4 is 10.1 Å². The van der Waals surface area contributed by atoms with E-state index in [1.165, 1.54) is 6.07 Å². The van der Waals surface area contributed by atoms with Crippen LogP contribution in [0.3, 0.4) is 0 Å². The summed E-state index contributed by atoms with van der Waals surface area (Å²) in [6, 6.07) is 7.86. The summed E-state index contributed by atoms with van der Waals surface area (Å²) in [5, 5.41) is 18.2. The van der Waals surface area contributed by atoms with E-state index in [4.69, 9.17) is 9.15 Å². The monoisotopic (exact) mass is 398 g/mol. The summed E-state index contributed by atoms with van der Waals surface area (Å²) >= 11 is 0. The number of nitro groups is 1. The number of rotatable bonds is 8. The number of aromatic nitrogens is 2. The average Bonchev–Trinajstić information content (AvgIpc) is 3.31. The van der Waals surface area contributed by atoms with Gasteiger partial charge in [-0.25, -0.2) is 0 Å². The van der Waals surface area contributed by atoms with Crippen molar-refractivity contribution >= 4 is 11.6 Å². The Morgan fingerprint density at radius 1 is 1.31 bits per heavy atom. The van der Waals surface area contributed by atoms with Crippen LogP contribution in [0.1, 0.15) is 40.1 Å². The first-order chi connectivity index (χ1) is 13.9. The molecule has 9 heteroatoms. The molecule has 0 atom stereocenters. The first-order valence-electron chi connectivity index (χ1n) is 9.15. The summed E-state index contributed by atoms with van der Waals surface area (Å²) in [5.74, 6) is 0.315. The zero-order valence-corrected chi connectivity index (χ0v) is 16.5. The van der Waals surface area contributed by atoms with Crippen LogP contribution in [0.5, 0.6) is 5.75 Å². The molecule has 152 valence electrons. The minimum atomic E-state index is -0.494. The number of amides is 1. The van der Waals surface area contributed by atoms with Crippen molar-refractivity contribution in [3.05, 3.63) is 75.0 Å². The highest BCUT2D eigenvalue weighted by molar-refractivity contribution is 5.91. The number of hydrogen-bond donors (Lipinski definition) is 1. The third-order valence-corrected chi connectivity index (χ3v) is 4.51. The SMILES string of the molecule is CCn1ncc(CNC(=O)c2ccc(COc3ccc(C)cc3[N+](=O)[O-])o2)c1C. The van der Waals surface area contributed by atoms with Gasteiger partial charge in [-0.1, -0.05) is 6.07 Å². The number of aryl methyl sites for hydroxylation is 2. The number of carbonyl (C=O) groups excluding carboxylic acids is 1. The lowest BCUT2D eigenvalue weighted by Crippen LogP contribution is -2.22. The van der Waals surface area contributed by atoms with Crippen LogP contribution >= 0.6 is 0 Å². The molecule has 0 radical (unpaired) electrons. The molecule has 3 rings (SSSR count). The lowest BCUT2D eigenvalue weighted by atomic mass is 10.2. The van der Waals surface area contributed by atoms with Crippen molar-refractivity contribution in [1.29, 1.82) is 0 Å². The van der Waals surface area contributed by atoms with E-state index in [2.05, 4.69) is 10.4 Å². The van der Waals surface area contributed by atoms with Gasteiger partial charge in [0.1, 0.15) is 12.4 Å². The Bertz CT molecular complexity index is 1040. The van der Waals surface area contributed by atoms with E-state index in [9.17, 15) is 14.9 Å². The summed E-state index contributed by atoms with van der Waals surface area (Å²) < 4.78 is 12.9. The molecular weight excluding hydrogens is 376 g/mol. The topological polar surface area (TPSA) is 112 Å². The largest absolute Gasteiger partial charge is 0.479 e. The molecule has 2 heterocycles. The standard InChI is InChI=1S/C20H22N4O5/c1-4-23-14(3)15(11-22-23)10-21-20(25)19-8-6-16(29-19)12-28-18-7-5-13(2)9-17(18)24(26)27/h5-9,11H,4,10,12H2,1-3H3,(H,21,25). The molecule has 0 fully saturated rings. The van der Waals surface area contributed by atoms with Crippen LogP contribution in [0.15, 0.2) is 40.9 Å². The number of furan rings is 1. The Balaban J connectivity index is 1.60. The molecule has 0 aliphatic carbocycles. The van der Waals surface area contributed by atoms with Crippen LogP contribution in [0.25, 0.3) is 0 Å². The predicted octanol–water partition coefficient (Wildman–Crippen LogP) is 3.53. The van der Waals surface area contributed by atoms with E-state index in [1.807, 2.05) is 18.5 Å². The van der Waals surface area contributed by atoms with Gasteiger partial charge in [-0.05, 0) is 44.5 Å². The number of nitro benzene ring substituents is 1. The third-order valence-electron chi connectivity index (χ3n) is 4.51. The molecule has 9 nitrogen and oxygen atoms in total. The Kier molecular flexibility index (Phi) is 5.96. The van der Waals surface area contributed by atoms with Crippen LogP contribution in [0.4, 0.5) is 5.69 Å². The van der Waals surface area contributed by atoms with Gasteiger partial charge in [-0.3, -0.25) is 19.6 Å². The van der Waals surface area contributed by atoms with Crippen molar-refractivity contribution in [1.82, 2.24) is 15.1 Å². The molecular formula is C20H22N4O5. The second-order valence-corrected chi connectivity index (χ2v) is 6.54. The summed E-state index contributed by atoms with van der Waals surface area (Å²) in [4.78, 5) is 23.0. The van der Waals surface area contributed by atoms with Crippen molar-refractivity contribution < 1.29 is 18.9 Å². The molecule has 29 heavy (non-hydrogen) atoms. The van der Waals surface area contributed by atoms with E-state index in [1.54, 1.807) is 37.4 Å². The first kappa shape index (κ1) is 20.1. The highest BCUT2D eigenvalue weighted by Crippen LogP contribution is 2.28. The van der Waals surface area contributed by atoms with Gasteiger partial charge in [0.2, 0.25) is 0 Å². The normalized spacial score (nSPS) is 10.7. The summed E-state index contributed by atoms with van der Waals surface area (Å²) in [7, 11) is 0. The first-order valence-corrected chi connectivity index (χ1v) is 9.15. The van der Waals surface area contributed by atoms with Gasteiger partial charge in [-0.15, -0.1) is 0 Å². The molecule has 0 aliphatic rings. The molecule has 0 saturated carbocycles. The smallest absolute Gasteiger partial charge is 0.311 e. The van der Waals surface area contributed by atoms with Crippen LogP contribution in [-0.2, 0) is 19.7 Å². The highest BCUT2D eigenvalue weighted by atomic mass is 16.6. The fourth-order valence-electron chi connectivity index (χ4n) is 2.86. The number of carbonyl (C=O) groups is 1. The maximum atomic E-state index is 12.3. The number of hydrogen-bond acceptors (Lipinski definition) is 6. The molecule has 3 aromatic rings. The molecule has 0 bridgehead atoms. The van der Waals surface area contributed by atoms with E-state index >= 15 is 0 Å². The van der Waals surface area contributed by atoms with Gasteiger partial charge < -0.3 is 14.5 Å². The minimum absolute atomic E-state index is 0.0282. The van der Waals surface area contributed by atoms with E-state index in [0.717, 1.165) is 23.4 Å². The van der Waals surface area contributed by atoms with Crippen LogP contribution in [0.2, 0.25) is 0 Å². The maximum Gasteiger partial charge on any atom is 0.311 e. The highest BCUT2D eigenvalue weighted by Gasteiger charge is 2.17. The molecule has 0 unspecified atom stereocenters. The van der Waals surface area contributed by atoms with Gasteiger partial charge in [0, 0.05) is 30.4 Å². The summed E-state index contributed by atoms with van der Waals surface area (Å²) in [6.07, 6.45) is 1.73. The van der Waals surface area contributed by atoms with E-state index in [0.29, 0.717) is 12.3 Å². The maximum absolute atomic E-state index is 12.3. The van der Waals surface area contributed by atoms with Crippen LogP contribution in [0, 0.1) is 24.0 Å². The van der Waals surface area contributed by atoms with Gasteiger partial charge in [0.25, 0.3) is 5.91 Å². The molecule has 1 aromatic carbocycles. The zero-order valence-electron chi connectivity index (χ0n) is 16.5. The molecule has 1 N–H and O–H groups in total. The average molecular weight is 398 g/mol. The molecule has 1 amide bonds. The van der Waals surface area contributed by atoms with E-state index in [-0.39, 0.29) is 29.7 Å². The summed E-state index contributed by atoms with van der Waals surface area (Å²) in [5.41, 5.74) is 2.58. The van der Waals surface area contributed by atoms with Crippen molar-refractivity contribution in [2.75, 3.05) is 0 Å². The Morgan fingerprint density at radius 3 is 2.79 bits per heavy atom. The fraction of sp³-hybridized carbons (Fsp3) is 0.300. The number of nitrogens with zero attached hydrogens (tertiary/aromatic N) is 3. The number of nitrogens with one attached hydrogen (secondary N) is 1. The lowest BCUT2D eigenvalue weighted by Gasteiger charge is -2.06. The fourth-order valence-corrected chi connectivity index (χ4v) is 2.86. The quantitative estimate of drug-likeness (QED) is 0.459. The van der Waals surface area contributed by atoms with Gasteiger partial charge in [0.15, 0.2) is 11.5 Å². The summed E-state index contributed by atoms with van der Waals surface area (Å²) in [6.45, 7) is 6.79. The van der Waals surface area contributed by atoms with Gasteiger partial charge in [0.05, 0.1) is 11.1 Å². The second-order valence-electron chi connectivity index (χ2n) is 6.54. The van der Waals surface area contributed by atoms with Crippen LogP contribution in [-0.4, -0.2) is 20.6 Å². The van der Waals surface area contributed by atoms with E-state index < -0.39 is 4.92 Å². The second kappa shape index (κ2) is 8.59. The van der Waals surface area contributed by atoms with Crippen molar-refractivity contribution in [2.45, 2.75) is 40.5 Å². The molecule has 0 spiro atoms. The van der Waals surface area contributed by atoms with Gasteiger partial charge >= 0.3 is 5.69 Å². The van der Waals surface area contributed by atoms with Crippen molar-refractivity contribution in [3.63, 3.8) is 0 Å². The lowest BCUT2D eigenvalue weighted by molar-refractivity contribution is -0.386. The Labute approximate surface area is 167 Å². The van der Waals surface area contributed by atoms with Crippen molar-refractivity contribution in [3.8, 4) is 5.75 Å². The molecule has 2 aromatic heterocycles. The molecule has 0 saturated heterocycles. The third kappa shape index (κ3) is 4.63. The van der Waals surface area contributed by atoms with Crippen molar-refractivity contribution in [2.24, 2.45) is 0 Å².